The van der Waals surface area contributed by atoms with Crippen LogP contribution in [0.5, 0.6) is 0 Å². The molecule has 1 aliphatic carbocycles. The third kappa shape index (κ3) is 4.03. The number of hydrogen-bond donors (Lipinski definition) is 1. The van der Waals surface area contributed by atoms with Crippen LogP contribution in [0.4, 0.5) is 0 Å². The van der Waals surface area contributed by atoms with Crippen molar-refractivity contribution < 1.29 is 14.3 Å². The molecule has 0 bridgehead atoms. The van der Waals surface area contributed by atoms with Crippen LogP contribution < -0.4 is 5.32 Å². The summed E-state index contributed by atoms with van der Waals surface area (Å²) in [7, 11) is 0. The van der Waals surface area contributed by atoms with Gasteiger partial charge < -0.3 is 19.5 Å². The van der Waals surface area contributed by atoms with Gasteiger partial charge in [0.2, 0.25) is 5.91 Å². The Balaban J connectivity index is 1.65. The van der Waals surface area contributed by atoms with Crippen LogP contribution in [-0.2, 0) is 16.1 Å². The van der Waals surface area contributed by atoms with Crippen molar-refractivity contribution >= 4 is 22.8 Å². The van der Waals surface area contributed by atoms with Crippen molar-refractivity contribution in [3.8, 4) is 0 Å². The maximum Gasteiger partial charge on any atom is 0.290 e. The van der Waals surface area contributed by atoms with Crippen LogP contribution in [0, 0.1) is 11.8 Å². The van der Waals surface area contributed by atoms with E-state index in [4.69, 9.17) is 4.74 Å². The number of imidazole rings is 1. The number of benzene rings is 1. The highest BCUT2D eigenvalue weighted by Gasteiger charge is 2.49. The van der Waals surface area contributed by atoms with Gasteiger partial charge in [0.15, 0.2) is 5.82 Å². The van der Waals surface area contributed by atoms with Crippen molar-refractivity contribution in [2.75, 3.05) is 19.8 Å². The predicted octanol–water partition coefficient (Wildman–Crippen LogP) is 3.62. The molecule has 0 radical (unpaired) electrons. The number of hydrogen-bond acceptors (Lipinski definition) is 4. The van der Waals surface area contributed by atoms with Gasteiger partial charge in [-0.3, -0.25) is 9.59 Å². The standard InChI is InChI=1S/C25H36N4O3/c1-5-32-15-9-14-29-23(30)22-26-20-11-6-7-13-21(20)28(22)16-25(29,4)24(31)27-19-12-8-10-17(2)18(19)3/h6-7,11,13,17-19H,5,8-10,12,14-16H2,1-4H3,(H,27,31)/t17-,18-,19-,25-/m1/s1. The maximum atomic E-state index is 13.8. The van der Waals surface area contributed by atoms with Crippen LogP contribution in [-0.4, -0.2) is 57.6 Å². The van der Waals surface area contributed by atoms with Gasteiger partial charge in [-0.2, -0.15) is 0 Å². The van der Waals surface area contributed by atoms with E-state index in [-0.39, 0.29) is 17.9 Å². The minimum atomic E-state index is -0.986. The average Bonchev–Trinajstić information content (AvgIpc) is 3.15. The number of para-hydroxylation sites is 2. The molecular weight excluding hydrogens is 404 g/mol. The topological polar surface area (TPSA) is 76.5 Å². The lowest BCUT2D eigenvalue weighted by Gasteiger charge is -2.45. The fourth-order valence-corrected chi connectivity index (χ4v) is 5.26. The van der Waals surface area contributed by atoms with Gasteiger partial charge in [-0.05, 0) is 50.7 Å². The molecule has 0 spiro atoms. The van der Waals surface area contributed by atoms with Crippen molar-refractivity contribution in [3.63, 3.8) is 0 Å². The summed E-state index contributed by atoms with van der Waals surface area (Å²) in [6, 6.07) is 7.88. The van der Waals surface area contributed by atoms with E-state index in [2.05, 4.69) is 24.1 Å². The molecule has 1 aliphatic heterocycles. The minimum absolute atomic E-state index is 0.0726. The van der Waals surface area contributed by atoms with Gasteiger partial charge >= 0.3 is 0 Å². The van der Waals surface area contributed by atoms with E-state index >= 15 is 0 Å². The van der Waals surface area contributed by atoms with Crippen LogP contribution in [0.3, 0.4) is 0 Å². The highest BCUT2D eigenvalue weighted by atomic mass is 16.5. The summed E-state index contributed by atoms with van der Waals surface area (Å²) in [4.78, 5) is 33.7. The van der Waals surface area contributed by atoms with Crippen LogP contribution in [0.15, 0.2) is 24.3 Å². The van der Waals surface area contributed by atoms with E-state index in [0.717, 1.165) is 23.9 Å². The maximum absolute atomic E-state index is 13.8. The van der Waals surface area contributed by atoms with Gasteiger partial charge in [0.1, 0.15) is 5.54 Å². The van der Waals surface area contributed by atoms with Gasteiger partial charge in [-0.25, -0.2) is 4.98 Å². The molecule has 7 nitrogen and oxygen atoms in total. The Kier molecular flexibility index (Phi) is 6.56. The summed E-state index contributed by atoms with van der Waals surface area (Å²) < 4.78 is 7.41. The fourth-order valence-electron chi connectivity index (χ4n) is 5.26. The second-order valence-electron chi connectivity index (χ2n) is 9.64. The van der Waals surface area contributed by atoms with Crippen molar-refractivity contribution in [1.82, 2.24) is 19.8 Å². The molecule has 1 fully saturated rings. The molecule has 1 aromatic heterocycles. The third-order valence-electron chi connectivity index (χ3n) is 7.54. The Bertz CT molecular complexity index is 987. The van der Waals surface area contributed by atoms with E-state index < -0.39 is 5.54 Å². The summed E-state index contributed by atoms with van der Waals surface area (Å²) in [5.74, 6) is 1.16. The smallest absolute Gasteiger partial charge is 0.290 e. The predicted molar refractivity (Wildman–Crippen MR) is 124 cm³/mol. The normalized spacial score (nSPS) is 28.1. The molecule has 2 aliphatic rings. The zero-order valence-corrected chi connectivity index (χ0v) is 19.8. The molecular formula is C25H36N4O3. The zero-order valence-electron chi connectivity index (χ0n) is 19.8. The lowest BCUT2D eigenvalue weighted by atomic mass is 9.77. The quantitative estimate of drug-likeness (QED) is 0.667. The van der Waals surface area contributed by atoms with Gasteiger partial charge in [0.25, 0.3) is 5.91 Å². The largest absolute Gasteiger partial charge is 0.382 e. The number of carbonyl (C=O) groups is 2. The summed E-state index contributed by atoms with van der Waals surface area (Å²) >= 11 is 0. The Morgan fingerprint density at radius 3 is 2.84 bits per heavy atom. The number of aromatic nitrogens is 2. The molecule has 1 aromatic carbocycles. The molecule has 7 heteroatoms. The molecule has 2 amide bonds. The Morgan fingerprint density at radius 1 is 1.28 bits per heavy atom. The average molecular weight is 441 g/mol. The van der Waals surface area contributed by atoms with Gasteiger partial charge in [0.05, 0.1) is 17.6 Å². The highest BCUT2D eigenvalue weighted by molar-refractivity contribution is 6.01. The van der Waals surface area contributed by atoms with E-state index in [9.17, 15) is 9.59 Å². The molecule has 1 saturated carbocycles. The van der Waals surface area contributed by atoms with Crippen molar-refractivity contribution in [3.05, 3.63) is 30.1 Å². The number of amides is 2. The summed E-state index contributed by atoms with van der Waals surface area (Å²) in [6.45, 7) is 10.4. The monoisotopic (exact) mass is 440 g/mol. The summed E-state index contributed by atoms with van der Waals surface area (Å²) in [6.07, 6.45) is 4.00. The molecule has 0 unspecified atom stereocenters. The number of nitrogens with one attached hydrogen (secondary N) is 1. The molecule has 174 valence electrons. The molecule has 32 heavy (non-hydrogen) atoms. The van der Waals surface area contributed by atoms with Gasteiger partial charge in [-0.15, -0.1) is 0 Å². The fraction of sp³-hybridized carbons (Fsp3) is 0.640. The Labute approximate surface area is 190 Å². The first-order chi connectivity index (χ1) is 15.4. The van der Waals surface area contributed by atoms with E-state index in [1.807, 2.05) is 42.7 Å². The number of carbonyl (C=O) groups excluding carboxylic acids is 2. The van der Waals surface area contributed by atoms with Gasteiger partial charge in [0, 0.05) is 25.8 Å². The second kappa shape index (κ2) is 9.22. The van der Waals surface area contributed by atoms with Crippen LogP contribution in [0.25, 0.3) is 11.0 Å². The van der Waals surface area contributed by atoms with Crippen molar-refractivity contribution in [1.29, 1.82) is 0 Å². The van der Waals surface area contributed by atoms with E-state index in [1.54, 1.807) is 4.90 Å². The second-order valence-corrected chi connectivity index (χ2v) is 9.64. The summed E-state index contributed by atoms with van der Waals surface area (Å²) in [5, 5.41) is 3.33. The molecule has 2 heterocycles. The van der Waals surface area contributed by atoms with Crippen LogP contribution in [0.2, 0.25) is 0 Å². The first-order valence-corrected chi connectivity index (χ1v) is 12.0. The first-order valence-electron chi connectivity index (χ1n) is 12.0. The molecule has 1 N–H and O–H groups in total. The SMILES string of the molecule is CCOCCCN1C(=O)c2nc3ccccc3n2C[C@]1(C)C(=O)N[C@@H]1CCC[C@@H](C)[C@H]1C. The zero-order chi connectivity index (χ0) is 22.9. The van der Waals surface area contributed by atoms with Gasteiger partial charge in [-0.1, -0.05) is 38.8 Å². The van der Waals surface area contributed by atoms with Crippen LogP contribution in [0.1, 0.15) is 64.0 Å². The third-order valence-corrected chi connectivity index (χ3v) is 7.54. The lowest BCUT2D eigenvalue weighted by molar-refractivity contribution is -0.134. The molecule has 4 atom stereocenters. The van der Waals surface area contributed by atoms with E-state index in [0.29, 0.717) is 50.4 Å². The number of rotatable bonds is 7. The Morgan fingerprint density at radius 2 is 2.06 bits per heavy atom. The molecule has 2 aromatic rings. The lowest BCUT2D eigenvalue weighted by Crippen LogP contribution is -2.65. The Hall–Kier alpha value is -2.41. The van der Waals surface area contributed by atoms with Crippen LogP contribution >= 0.6 is 0 Å². The van der Waals surface area contributed by atoms with Crippen molar-refractivity contribution in [2.45, 2.75) is 71.5 Å². The van der Waals surface area contributed by atoms with Crippen molar-refractivity contribution in [2.24, 2.45) is 11.8 Å². The number of fused-ring (bicyclic) bond motifs is 3. The molecule has 4 rings (SSSR count). The summed E-state index contributed by atoms with van der Waals surface area (Å²) in [5.41, 5.74) is 0.688. The molecule has 0 saturated heterocycles. The first kappa shape index (κ1) is 22.8. The number of ether oxygens (including phenoxy) is 1. The minimum Gasteiger partial charge on any atom is -0.382 e. The highest BCUT2D eigenvalue weighted by Crippen LogP contribution is 2.33. The number of nitrogens with zero attached hydrogens (tertiary/aromatic N) is 3. The van der Waals surface area contributed by atoms with E-state index in [1.165, 1.54) is 6.42 Å².